The summed E-state index contributed by atoms with van der Waals surface area (Å²) in [6.45, 7) is 3.75. The number of amides is 17. The van der Waals surface area contributed by atoms with Crippen molar-refractivity contribution < 1.29 is 102 Å². The molecule has 45 heteroatoms. The number of nitrogens with two attached hydrogens (primary N) is 4. The number of H-pyrrole nitrogens is 1. The molecule has 0 aliphatic carbocycles. The van der Waals surface area contributed by atoms with Gasteiger partial charge in [-0.15, -0.1) is 11.8 Å². The molecule has 44 nitrogen and oxygen atoms in total. The number of rotatable bonds is 28. The molecule has 1 aromatic heterocycles. The quantitative estimate of drug-likeness (QED) is 0.0143. The van der Waals surface area contributed by atoms with E-state index < -0.39 is 247 Å². The molecule has 2 saturated heterocycles. The van der Waals surface area contributed by atoms with Gasteiger partial charge in [0.2, 0.25) is 100 Å². The van der Waals surface area contributed by atoms with Crippen molar-refractivity contribution in [2.75, 3.05) is 50.8 Å². The maximum absolute atomic E-state index is 15.0. The second kappa shape index (κ2) is 52.4. The highest BCUT2D eigenvalue weighted by atomic mass is 32.2. The number of aromatic nitrogens is 2. The number of carboxylic acids is 1. The number of guanidine groups is 1. The van der Waals surface area contributed by atoms with Crippen molar-refractivity contribution in [3.63, 3.8) is 0 Å². The lowest BCUT2D eigenvalue weighted by Gasteiger charge is -2.31. The molecular formula is C82H117N23O21S. The third-order valence-electron chi connectivity index (χ3n) is 20.2. The minimum atomic E-state index is -2.04. The monoisotopic (exact) mass is 1790 g/mol. The van der Waals surface area contributed by atoms with Crippen molar-refractivity contribution in [2.45, 2.75) is 203 Å². The van der Waals surface area contributed by atoms with Gasteiger partial charge in [-0.25, -0.2) is 4.98 Å². The Labute approximate surface area is 736 Å². The first-order valence-electron chi connectivity index (χ1n) is 41.5. The van der Waals surface area contributed by atoms with E-state index >= 15 is 9.59 Å². The molecule has 0 radical (unpaired) electrons. The molecule has 0 saturated carbocycles. The number of unbranched alkanes of at least 4 members (excludes halogenated alkanes) is 1. The van der Waals surface area contributed by atoms with Gasteiger partial charge in [0.25, 0.3) is 0 Å². The highest BCUT2D eigenvalue weighted by Gasteiger charge is 2.42. The van der Waals surface area contributed by atoms with Gasteiger partial charge < -0.3 is 128 Å². The topological polar surface area (TPSA) is 708 Å². The summed E-state index contributed by atoms with van der Waals surface area (Å²) in [5.41, 5.74) is 23.8. The molecule has 17 amide bonds. The highest BCUT2D eigenvalue weighted by Crippen LogP contribution is 2.23. The number of carbonyl (C=O) groups excluding carboxylic acids is 17. The number of nitrogens with one attached hydrogen (secondary N) is 17. The molecule has 4 aromatic rings. The fraction of sp³-hybridized carbons (Fsp3) is 0.512. The van der Waals surface area contributed by atoms with E-state index in [1.165, 1.54) is 36.8 Å². The van der Waals surface area contributed by atoms with Gasteiger partial charge in [0.05, 0.1) is 43.9 Å². The number of aliphatic carboxylic acids is 1. The number of aromatic amines is 1. The number of fused-ring (bicyclic) bond motifs is 1. The number of carboxylic acid groups (broad SMARTS) is 1. The third kappa shape index (κ3) is 35.7. The zero-order chi connectivity index (χ0) is 93.4. The Hall–Kier alpha value is -13.3. The Bertz CT molecular complexity index is 4460. The fourth-order valence-corrected chi connectivity index (χ4v) is 14.5. The smallest absolute Gasteiger partial charge is 0.305 e. The van der Waals surface area contributed by atoms with Gasteiger partial charge in [-0.3, -0.25) is 91.7 Å². The minimum Gasteiger partial charge on any atom is -0.508 e. The van der Waals surface area contributed by atoms with E-state index in [4.69, 9.17) is 28.3 Å². The van der Waals surface area contributed by atoms with Crippen molar-refractivity contribution in [3.8, 4) is 5.75 Å². The van der Waals surface area contributed by atoms with E-state index in [1.54, 1.807) is 88.4 Å². The molecule has 2 fully saturated rings. The first-order valence-corrected chi connectivity index (χ1v) is 42.6. The van der Waals surface area contributed by atoms with Crippen molar-refractivity contribution in [1.82, 2.24) is 94.6 Å². The molecule has 692 valence electrons. The van der Waals surface area contributed by atoms with Crippen LogP contribution in [0.1, 0.15) is 121 Å². The van der Waals surface area contributed by atoms with Crippen LogP contribution >= 0.6 is 11.8 Å². The number of hydrogen-bond donors (Lipinski definition) is 24. The molecule has 6 rings (SSSR count). The molecule has 3 aromatic carbocycles. The Morgan fingerprint density at radius 3 is 1.59 bits per heavy atom. The summed E-state index contributed by atoms with van der Waals surface area (Å²) in [7, 11) is 0. The summed E-state index contributed by atoms with van der Waals surface area (Å²) in [5, 5.41) is 76.7. The predicted molar refractivity (Wildman–Crippen MR) is 459 cm³/mol. The van der Waals surface area contributed by atoms with Crippen LogP contribution in [0.2, 0.25) is 0 Å². The lowest BCUT2D eigenvalue weighted by atomic mass is 10.00. The van der Waals surface area contributed by atoms with Crippen LogP contribution in [-0.4, -0.2) is 272 Å². The van der Waals surface area contributed by atoms with Crippen LogP contribution in [0, 0.1) is 17.2 Å². The number of primary amides is 2. The van der Waals surface area contributed by atoms with Crippen LogP contribution in [0.5, 0.6) is 5.75 Å². The van der Waals surface area contributed by atoms with E-state index in [9.17, 15) is 92.0 Å². The molecule has 0 spiro atoms. The van der Waals surface area contributed by atoms with Crippen LogP contribution in [-0.2, 0) is 112 Å². The van der Waals surface area contributed by atoms with E-state index in [1.807, 2.05) is 0 Å². The Morgan fingerprint density at radius 2 is 1.04 bits per heavy atom. The average molecular weight is 1790 g/mol. The van der Waals surface area contributed by atoms with Crippen molar-refractivity contribution >= 4 is 124 Å². The Morgan fingerprint density at radius 1 is 0.543 bits per heavy atom. The lowest BCUT2D eigenvalue weighted by molar-refractivity contribution is -0.144. The molecule has 0 bridgehead atoms. The van der Waals surface area contributed by atoms with E-state index in [0.717, 1.165) is 4.90 Å². The average Bonchev–Trinajstić information content (AvgIpc) is 1.70. The molecule has 2 aliphatic heterocycles. The van der Waals surface area contributed by atoms with Crippen LogP contribution in [0.15, 0.2) is 97.5 Å². The highest BCUT2D eigenvalue weighted by molar-refractivity contribution is 8.00. The molecule has 3 heterocycles. The Balaban J connectivity index is 1.42. The van der Waals surface area contributed by atoms with E-state index in [0.29, 0.717) is 34.9 Å². The van der Waals surface area contributed by atoms with Gasteiger partial charge in [0, 0.05) is 57.1 Å². The van der Waals surface area contributed by atoms with Gasteiger partial charge in [0.15, 0.2) is 5.96 Å². The number of nitrogens with zero attached hydrogens (tertiary/aromatic N) is 2. The van der Waals surface area contributed by atoms with Crippen LogP contribution in [0.4, 0.5) is 0 Å². The zero-order valence-corrected chi connectivity index (χ0v) is 71.8. The molecular weight excluding hydrogens is 1680 g/mol. The van der Waals surface area contributed by atoms with Crippen LogP contribution in [0.25, 0.3) is 0 Å². The van der Waals surface area contributed by atoms with Gasteiger partial charge in [-0.05, 0) is 105 Å². The summed E-state index contributed by atoms with van der Waals surface area (Å²) in [4.78, 5) is 263. The number of aliphatic hydroxyl groups is 1. The number of aliphatic hydroxyl groups excluding tert-OH is 1. The number of imidazole rings is 1. The summed E-state index contributed by atoms with van der Waals surface area (Å²) < 4.78 is 0. The fourth-order valence-electron chi connectivity index (χ4n) is 13.6. The zero-order valence-electron chi connectivity index (χ0n) is 71.0. The Kier molecular flexibility index (Phi) is 42.3. The number of aromatic hydroxyl groups is 1. The molecule has 28 N–H and O–H groups in total. The maximum Gasteiger partial charge on any atom is 0.305 e. The summed E-state index contributed by atoms with van der Waals surface area (Å²) in [6.07, 6.45) is -0.502. The summed E-state index contributed by atoms with van der Waals surface area (Å²) in [6, 6.07) is 0.394. The van der Waals surface area contributed by atoms with Crippen molar-refractivity contribution in [1.29, 1.82) is 5.41 Å². The minimum absolute atomic E-state index is 0.0172. The van der Waals surface area contributed by atoms with Crippen molar-refractivity contribution in [3.05, 3.63) is 120 Å². The van der Waals surface area contributed by atoms with E-state index in [-0.39, 0.29) is 108 Å². The lowest BCUT2D eigenvalue weighted by Crippen LogP contribution is -2.61. The third-order valence-corrected chi connectivity index (χ3v) is 21.3. The first kappa shape index (κ1) is 102. The number of benzene rings is 3. The second-order valence-electron chi connectivity index (χ2n) is 31.3. The SMILES string of the molecule is CC(C)C[C@@H]1NC(=O)[C@@H]2CCCN2C(=O)[C@H](CCCCN)NC(=O)[C@H](CC(=O)O)NC(=O)[C@H](CO)NC(=O)[C@H](Cc2ccccc2)NC(=O)CSC[C@@H](C(=O)NCC(N)=O)NC(=O)[C@H](CCC(N)=O)NC(=O)[C@H](Cc2ccccc2)NC(=O)CNC(=O)[C@H](C(C)C)NC(=O)[C@H](Cc2ccc(O)cc2)NC(=O)[C@H](CCCNC(=N)N)NC(=O)[C@H](Cc2c[nH]cn2)NC1=O. The normalized spacial score (nSPS) is 23.5. The first-order chi connectivity index (χ1) is 60.4. The van der Waals surface area contributed by atoms with Crippen LogP contribution < -0.4 is 103 Å². The number of hydrogen-bond acceptors (Lipinski definition) is 24. The maximum atomic E-state index is 15.0. The summed E-state index contributed by atoms with van der Waals surface area (Å²) in [5.74, 6) is -21.9. The predicted octanol–water partition coefficient (Wildman–Crippen LogP) is -6.51. The number of phenols is 1. The number of carbonyl (C=O) groups is 18. The molecule has 13 atom stereocenters. The molecule has 127 heavy (non-hydrogen) atoms. The molecule has 0 unspecified atom stereocenters. The van der Waals surface area contributed by atoms with Crippen LogP contribution in [0.3, 0.4) is 0 Å². The van der Waals surface area contributed by atoms with E-state index in [2.05, 4.69) is 89.7 Å². The van der Waals surface area contributed by atoms with Gasteiger partial charge in [0.1, 0.15) is 84.3 Å². The standard InChI is InChI=1S/C82H117N23O21S/c1-44(2)31-54-72(117)99-58(35-49-37-88-43-92-49)75(120)95-51(20-13-29-89-82(86)87)70(115)98-57(34-48-22-24-50(107)25-23-48)77(122)104-68(45(3)4)80(125)91-39-65(110)93-55(32-46-15-7-5-8-16-46)73(118)96-52(26-27-63(84)108)71(116)103-61(69(114)90-38-64(85)109)41-127-42-66(111)94-56(33-47-17-9-6-10-18-47)74(119)102-60(40-106)78(123)100-59(36-67(112)113)76(121)97-53(19-11-12-28-83)81(126)105-30-14-21-62(105)79(124)101-54/h5-10,15-18,22-25,37,43-45,51-62,68,106-107H,11-14,19-21,26-36,38-42,83H2,1-4H3,(H2,84,108)(H2,85,109)(H,88,92)(H,90,114)(H,91,125)(H,93,110)(H,94,111)(H,95,120)(H,96,118)(H,97,121)(H,98,115)(H,99,117)(H,100,123)(H,101,124)(H,102,119)(H,103,116)(H,104,122)(H,112,113)(H4,86,87,89)/t51-,52-,53-,54-,55-,56-,57-,58-,59-,60-,61-,62-,68-/m0/s1. The van der Waals surface area contributed by atoms with Gasteiger partial charge in [-0.2, -0.15) is 0 Å². The van der Waals surface area contributed by atoms with Crippen molar-refractivity contribution in [2.24, 2.45) is 34.8 Å². The van der Waals surface area contributed by atoms with Gasteiger partial charge >= 0.3 is 5.97 Å². The van der Waals surface area contributed by atoms with Gasteiger partial charge in [-0.1, -0.05) is 100 Å². The number of phenolic OH excluding ortho intramolecular Hbond substituents is 1. The summed E-state index contributed by atoms with van der Waals surface area (Å²) >= 11 is 0.686. The largest absolute Gasteiger partial charge is 0.508 e. The second-order valence-corrected chi connectivity index (χ2v) is 32.4. The molecule has 2 aliphatic rings. The number of thioether (sulfide) groups is 1.